The van der Waals surface area contributed by atoms with Gasteiger partial charge in [-0.3, -0.25) is 4.79 Å². The Hall–Kier alpha value is -0.610. The summed E-state index contributed by atoms with van der Waals surface area (Å²) in [6, 6.07) is 0.314. The molecule has 0 bridgehead atoms. The molecule has 0 spiro atoms. The molecule has 0 aromatic rings. The van der Waals surface area contributed by atoms with Crippen LogP contribution in [-0.2, 0) is 9.53 Å². The first-order valence-corrected chi connectivity index (χ1v) is 5.73. The van der Waals surface area contributed by atoms with E-state index in [0.717, 1.165) is 19.5 Å². The summed E-state index contributed by atoms with van der Waals surface area (Å²) in [5, 5.41) is 3.23. The van der Waals surface area contributed by atoms with E-state index >= 15 is 0 Å². The minimum Gasteiger partial charge on any atom is -0.375 e. The summed E-state index contributed by atoms with van der Waals surface area (Å²) >= 11 is 0. The molecule has 1 aliphatic heterocycles. The lowest BCUT2D eigenvalue weighted by Crippen LogP contribution is -2.43. The Labute approximate surface area is 92.0 Å². The Morgan fingerprint density at radius 2 is 2.40 bits per heavy atom. The molecule has 1 rings (SSSR count). The van der Waals surface area contributed by atoms with Gasteiger partial charge in [-0.1, -0.05) is 6.92 Å². The lowest BCUT2D eigenvalue weighted by atomic mass is 10.1. The van der Waals surface area contributed by atoms with E-state index in [0.29, 0.717) is 19.1 Å². The highest BCUT2D eigenvalue weighted by atomic mass is 16.5. The van der Waals surface area contributed by atoms with Crippen molar-refractivity contribution in [2.24, 2.45) is 0 Å². The third-order valence-corrected chi connectivity index (χ3v) is 3.05. The summed E-state index contributed by atoms with van der Waals surface area (Å²) in [4.78, 5) is 13.6. The van der Waals surface area contributed by atoms with Crippen molar-refractivity contribution in [2.45, 2.75) is 38.8 Å². The van der Waals surface area contributed by atoms with E-state index in [1.54, 1.807) is 0 Å². The van der Waals surface area contributed by atoms with Crippen LogP contribution in [0.15, 0.2) is 0 Å². The maximum atomic E-state index is 11.8. The van der Waals surface area contributed by atoms with E-state index in [2.05, 4.69) is 19.2 Å². The van der Waals surface area contributed by atoms with Crippen LogP contribution in [-0.4, -0.2) is 49.7 Å². The molecule has 1 amide bonds. The number of amides is 1. The maximum Gasteiger partial charge on any atom is 0.225 e. The first-order chi connectivity index (χ1) is 7.15. The van der Waals surface area contributed by atoms with Crippen molar-refractivity contribution < 1.29 is 9.53 Å². The molecule has 0 aromatic carbocycles. The topological polar surface area (TPSA) is 41.6 Å². The molecule has 0 radical (unpaired) electrons. The van der Waals surface area contributed by atoms with Gasteiger partial charge in [-0.15, -0.1) is 0 Å². The van der Waals surface area contributed by atoms with Gasteiger partial charge in [0.2, 0.25) is 5.91 Å². The monoisotopic (exact) mass is 214 g/mol. The van der Waals surface area contributed by atoms with Gasteiger partial charge in [0, 0.05) is 26.2 Å². The standard InChI is InChI=1S/C11H22N2O2/c1-4-9(2)13(3)11(14)7-10-8-12-5-6-15-10/h9-10,12H,4-8H2,1-3H3. The summed E-state index contributed by atoms with van der Waals surface area (Å²) in [6.45, 7) is 6.56. The van der Waals surface area contributed by atoms with Crippen molar-refractivity contribution >= 4 is 5.91 Å². The van der Waals surface area contributed by atoms with Gasteiger partial charge in [0.15, 0.2) is 0 Å². The molecule has 15 heavy (non-hydrogen) atoms. The average Bonchev–Trinajstić information content (AvgIpc) is 2.28. The van der Waals surface area contributed by atoms with Crippen LogP contribution in [0.2, 0.25) is 0 Å². The Kier molecular flexibility index (Phi) is 5.05. The zero-order valence-electron chi connectivity index (χ0n) is 9.95. The van der Waals surface area contributed by atoms with Crippen LogP contribution in [0.4, 0.5) is 0 Å². The number of carbonyl (C=O) groups excluding carboxylic acids is 1. The lowest BCUT2D eigenvalue weighted by Gasteiger charge is -2.28. The van der Waals surface area contributed by atoms with Crippen LogP contribution >= 0.6 is 0 Å². The number of nitrogens with zero attached hydrogens (tertiary/aromatic N) is 1. The minimum atomic E-state index is 0.0535. The molecular weight excluding hydrogens is 192 g/mol. The number of carbonyl (C=O) groups is 1. The van der Waals surface area contributed by atoms with E-state index in [-0.39, 0.29) is 12.0 Å². The normalized spacial score (nSPS) is 23.5. The quantitative estimate of drug-likeness (QED) is 0.746. The molecule has 1 heterocycles. The largest absolute Gasteiger partial charge is 0.375 e. The van der Waals surface area contributed by atoms with Gasteiger partial charge < -0.3 is 15.0 Å². The zero-order chi connectivity index (χ0) is 11.3. The molecule has 2 atom stereocenters. The summed E-state index contributed by atoms with van der Waals surface area (Å²) < 4.78 is 5.50. The molecule has 1 aliphatic rings. The van der Waals surface area contributed by atoms with Gasteiger partial charge in [0.1, 0.15) is 0 Å². The van der Waals surface area contributed by atoms with Gasteiger partial charge >= 0.3 is 0 Å². The van der Waals surface area contributed by atoms with E-state index in [1.165, 1.54) is 0 Å². The molecule has 4 heteroatoms. The first-order valence-electron chi connectivity index (χ1n) is 5.73. The van der Waals surface area contributed by atoms with Gasteiger partial charge in [-0.05, 0) is 13.3 Å². The van der Waals surface area contributed by atoms with Crippen molar-refractivity contribution in [1.82, 2.24) is 10.2 Å². The highest BCUT2D eigenvalue weighted by molar-refractivity contribution is 5.76. The Morgan fingerprint density at radius 3 is 2.93 bits per heavy atom. The van der Waals surface area contributed by atoms with Gasteiger partial charge in [0.05, 0.1) is 19.1 Å². The second-order valence-corrected chi connectivity index (χ2v) is 4.16. The molecule has 2 unspecified atom stereocenters. The summed E-state index contributed by atoms with van der Waals surface area (Å²) in [6.07, 6.45) is 1.54. The van der Waals surface area contributed by atoms with Crippen LogP contribution < -0.4 is 5.32 Å². The number of ether oxygens (including phenoxy) is 1. The molecule has 1 N–H and O–H groups in total. The predicted molar refractivity (Wildman–Crippen MR) is 59.7 cm³/mol. The highest BCUT2D eigenvalue weighted by Gasteiger charge is 2.21. The number of hydrogen-bond donors (Lipinski definition) is 1. The fourth-order valence-corrected chi connectivity index (χ4v) is 1.61. The van der Waals surface area contributed by atoms with Crippen molar-refractivity contribution in [2.75, 3.05) is 26.7 Å². The third-order valence-electron chi connectivity index (χ3n) is 3.05. The third kappa shape index (κ3) is 3.80. The Balaban J connectivity index is 2.33. The van der Waals surface area contributed by atoms with E-state index in [9.17, 15) is 4.79 Å². The van der Waals surface area contributed by atoms with E-state index < -0.39 is 0 Å². The fourth-order valence-electron chi connectivity index (χ4n) is 1.61. The van der Waals surface area contributed by atoms with Gasteiger partial charge in [0.25, 0.3) is 0 Å². The average molecular weight is 214 g/mol. The summed E-state index contributed by atoms with van der Waals surface area (Å²) in [5.74, 6) is 0.179. The van der Waals surface area contributed by atoms with Crippen molar-refractivity contribution in [1.29, 1.82) is 0 Å². The van der Waals surface area contributed by atoms with Crippen LogP contribution in [0.1, 0.15) is 26.7 Å². The summed E-state index contributed by atoms with van der Waals surface area (Å²) in [5.41, 5.74) is 0. The van der Waals surface area contributed by atoms with E-state index in [1.807, 2.05) is 11.9 Å². The number of morpholine rings is 1. The first kappa shape index (κ1) is 12.5. The second kappa shape index (κ2) is 6.08. The second-order valence-electron chi connectivity index (χ2n) is 4.16. The van der Waals surface area contributed by atoms with E-state index in [4.69, 9.17) is 4.74 Å². The van der Waals surface area contributed by atoms with Crippen LogP contribution in [0.3, 0.4) is 0 Å². The molecular formula is C11H22N2O2. The number of rotatable bonds is 4. The van der Waals surface area contributed by atoms with Crippen LogP contribution in [0.5, 0.6) is 0 Å². The lowest BCUT2D eigenvalue weighted by molar-refractivity contribution is -0.135. The van der Waals surface area contributed by atoms with Gasteiger partial charge in [-0.2, -0.15) is 0 Å². The molecule has 4 nitrogen and oxygen atoms in total. The van der Waals surface area contributed by atoms with Crippen LogP contribution in [0, 0.1) is 0 Å². The molecule has 1 fully saturated rings. The smallest absolute Gasteiger partial charge is 0.225 e. The van der Waals surface area contributed by atoms with Crippen molar-refractivity contribution in [3.05, 3.63) is 0 Å². The summed E-state index contributed by atoms with van der Waals surface area (Å²) in [7, 11) is 1.87. The van der Waals surface area contributed by atoms with Crippen molar-refractivity contribution in [3.63, 3.8) is 0 Å². The highest BCUT2D eigenvalue weighted by Crippen LogP contribution is 2.07. The molecule has 1 saturated heterocycles. The van der Waals surface area contributed by atoms with Crippen molar-refractivity contribution in [3.8, 4) is 0 Å². The van der Waals surface area contributed by atoms with Crippen LogP contribution in [0.25, 0.3) is 0 Å². The Morgan fingerprint density at radius 1 is 1.67 bits per heavy atom. The van der Waals surface area contributed by atoms with Gasteiger partial charge in [-0.25, -0.2) is 0 Å². The SMILES string of the molecule is CCC(C)N(C)C(=O)CC1CNCCO1. The molecule has 0 aliphatic carbocycles. The zero-order valence-corrected chi connectivity index (χ0v) is 9.95. The number of nitrogens with one attached hydrogen (secondary N) is 1. The molecule has 0 saturated carbocycles. The molecule has 88 valence electrons. The maximum absolute atomic E-state index is 11.8. The number of hydrogen-bond acceptors (Lipinski definition) is 3. The predicted octanol–water partition coefficient (Wildman–Crippen LogP) is 0.622. The minimum absolute atomic E-state index is 0.0535. The Bertz CT molecular complexity index is 203. The molecule has 0 aromatic heterocycles. The fraction of sp³-hybridized carbons (Fsp3) is 0.909.